The van der Waals surface area contributed by atoms with E-state index in [0.717, 1.165) is 25.9 Å². The zero-order valence-electron chi connectivity index (χ0n) is 18.4. The quantitative estimate of drug-likeness (QED) is 0.560. The first-order valence-corrected chi connectivity index (χ1v) is 12.6. The lowest BCUT2D eigenvalue weighted by Gasteiger charge is -2.41. The number of nitrogens with zero attached hydrogens (tertiary/aromatic N) is 5. The topological polar surface area (TPSA) is 142 Å². The minimum Gasteiger partial charge on any atom is -0.382 e. The highest BCUT2D eigenvalue weighted by Crippen LogP contribution is 2.42. The van der Waals surface area contributed by atoms with Crippen LogP contribution in [-0.2, 0) is 14.6 Å². The largest absolute Gasteiger partial charge is 0.382 e. The van der Waals surface area contributed by atoms with Crippen LogP contribution in [0.4, 0.5) is 11.6 Å². The molecular formula is C21H26ClN7O3S. The van der Waals surface area contributed by atoms with E-state index in [1.165, 1.54) is 12.3 Å². The van der Waals surface area contributed by atoms with Gasteiger partial charge in [-0.15, -0.1) is 0 Å². The Balaban J connectivity index is 1.54. The van der Waals surface area contributed by atoms with Gasteiger partial charge in [0.05, 0.1) is 23.3 Å². The summed E-state index contributed by atoms with van der Waals surface area (Å²) in [6.45, 7) is 5.82. The number of ether oxygens (including phenoxy) is 1. The lowest BCUT2D eigenvalue weighted by Crippen LogP contribution is -2.50. The Morgan fingerprint density at radius 1 is 1.24 bits per heavy atom. The Labute approximate surface area is 196 Å². The zero-order chi connectivity index (χ0) is 23.5. The van der Waals surface area contributed by atoms with Gasteiger partial charge in [-0.25, -0.2) is 23.4 Å². The first kappa shape index (κ1) is 22.3. The van der Waals surface area contributed by atoms with Crippen LogP contribution < -0.4 is 16.4 Å². The van der Waals surface area contributed by atoms with Gasteiger partial charge in [-0.3, -0.25) is 4.40 Å². The Hall–Kier alpha value is -2.47. The van der Waals surface area contributed by atoms with Crippen LogP contribution in [0.15, 0.2) is 34.6 Å². The molecule has 0 aliphatic carbocycles. The Morgan fingerprint density at radius 2 is 1.97 bits per heavy atom. The Kier molecular flexibility index (Phi) is 5.27. The number of halogens is 1. The summed E-state index contributed by atoms with van der Waals surface area (Å²) in [6, 6.07) is 1.34. The highest BCUT2D eigenvalue weighted by molar-refractivity contribution is 7.91. The number of aromatic nitrogens is 4. The molecule has 1 spiro atoms. The highest BCUT2D eigenvalue weighted by atomic mass is 35.5. The molecule has 0 saturated carbocycles. The first-order valence-electron chi connectivity index (χ1n) is 10.8. The Bertz CT molecular complexity index is 1340. The van der Waals surface area contributed by atoms with Gasteiger partial charge < -0.3 is 21.1 Å². The summed E-state index contributed by atoms with van der Waals surface area (Å²) in [4.78, 5) is 15.0. The lowest BCUT2D eigenvalue weighted by molar-refractivity contribution is 0.0974. The predicted molar refractivity (Wildman–Crippen MR) is 124 cm³/mol. The molecule has 2 fully saturated rings. The molecular weight excluding hydrogens is 466 g/mol. The van der Waals surface area contributed by atoms with Crippen LogP contribution in [0.25, 0.3) is 5.65 Å². The van der Waals surface area contributed by atoms with E-state index in [1.54, 1.807) is 23.7 Å². The van der Waals surface area contributed by atoms with Crippen molar-refractivity contribution in [2.45, 2.75) is 48.8 Å². The molecule has 0 aromatic carbocycles. The van der Waals surface area contributed by atoms with Gasteiger partial charge in [0.15, 0.2) is 16.5 Å². The van der Waals surface area contributed by atoms with E-state index in [0.29, 0.717) is 23.8 Å². The maximum absolute atomic E-state index is 13.6. The SMILES string of the molecule is Cc1nc(N2CCC3(CC2)CO[C@@H](C)[C@H]3N)c2nccn2c1S(=O)(=O)c1ccnc(N)c1Cl. The van der Waals surface area contributed by atoms with Crippen LogP contribution in [0.2, 0.25) is 5.02 Å². The number of sulfone groups is 1. The zero-order valence-corrected chi connectivity index (χ0v) is 20.0. The summed E-state index contributed by atoms with van der Waals surface area (Å²) in [5.74, 6) is 0.597. The number of nitrogens with two attached hydrogens (primary N) is 2. The number of anilines is 2. The molecule has 176 valence electrons. The fourth-order valence-corrected chi connectivity index (χ4v) is 7.04. The van der Waals surface area contributed by atoms with Crippen LogP contribution >= 0.6 is 11.6 Å². The number of imidazole rings is 1. The van der Waals surface area contributed by atoms with Gasteiger partial charge in [-0.1, -0.05) is 11.6 Å². The van der Waals surface area contributed by atoms with Crippen LogP contribution in [0.5, 0.6) is 0 Å². The molecule has 10 nitrogen and oxygen atoms in total. The van der Waals surface area contributed by atoms with Crippen LogP contribution in [0, 0.1) is 12.3 Å². The standard InChI is InChI=1S/C21H26ClN7O3S/c1-12-20(33(30,31)14-3-6-25-17(24)15(14)22)29-10-7-26-18(29)19(27-12)28-8-4-21(5-9-28)11-32-13(2)16(21)23/h3,6-7,10,13,16H,4-5,8-9,11,23H2,1-2H3,(H2,24,25)/t13-,16+/m0/s1. The first-order chi connectivity index (χ1) is 15.7. The maximum Gasteiger partial charge on any atom is 0.225 e. The molecule has 0 bridgehead atoms. The average molecular weight is 492 g/mol. The van der Waals surface area contributed by atoms with Crippen molar-refractivity contribution in [3.63, 3.8) is 0 Å². The van der Waals surface area contributed by atoms with Gasteiger partial charge in [0.2, 0.25) is 9.84 Å². The number of pyridine rings is 1. The smallest absolute Gasteiger partial charge is 0.225 e. The van der Waals surface area contributed by atoms with E-state index in [-0.39, 0.29) is 38.3 Å². The van der Waals surface area contributed by atoms with Gasteiger partial charge in [0.25, 0.3) is 0 Å². The van der Waals surface area contributed by atoms with Crippen LogP contribution in [-0.4, -0.2) is 59.6 Å². The normalized spacial score (nSPS) is 23.0. The highest BCUT2D eigenvalue weighted by Gasteiger charge is 2.48. The van der Waals surface area contributed by atoms with E-state index in [1.807, 2.05) is 6.92 Å². The molecule has 0 radical (unpaired) electrons. The molecule has 3 aromatic heterocycles. The third-order valence-corrected chi connectivity index (χ3v) is 9.40. The van der Waals surface area contributed by atoms with Crippen molar-refractivity contribution in [3.8, 4) is 0 Å². The average Bonchev–Trinajstić information content (AvgIpc) is 3.36. The van der Waals surface area contributed by atoms with E-state index < -0.39 is 9.84 Å². The van der Waals surface area contributed by atoms with Gasteiger partial charge in [0, 0.05) is 43.1 Å². The van der Waals surface area contributed by atoms with Crippen molar-refractivity contribution in [2.24, 2.45) is 11.1 Å². The number of nitrogen functional groups attached to an aromatic ring is 1. The fraction of sp³-hybridized carbons (Fsp3) is 0.476. The number of aryl methyl sites for hydroxylation is 1. The van der Waals surface area contributed by atoms with Crippen molar-refractivity contribution in [1.82, 2.24) is 19.4 Å². The third-order valence-electron chi connectivity index (χ3n) is 6.97. The summed E-state index contributed by atoms with van der Waals surface area (Å²) in [7, 11) is -4.04. The molecule has 2 saturated heterocycles. The van der Waals surface area contributed by atoms with Gasteiger partial charge in [-0.05, 0) is 32.8 Å². The summed E-state index contributed by atoms with van der Waals surface area (Å²) in [5.41, 5.74) is 13.0. The number of hydrogen-bond acceptors (Lipinski definition) is 9. The number of hydrogen-bond donors (Lipinski definition) is 2. The Morgan fingerprint density at radius 3 is 2.64 bits per heavy atom. The minimum atomic E-state index is -4.04. The lowest BCUT2D eigenvalue weighted by atomic mass is 9.73. The molecule has 5 heterocycles. The van der Waals surface area contributed by atoms with Crippen molar-refractivity contribution in [2.75, 3.05) is 30.3 Å². The molecule has 2 atom stereocenters. The molecule has 3 aromatic rings. The molecule has 0 amide bonds. The molecule has 5 rings (SSSR count). The van der Waals surface area contributed by atoms with Gasteiger partial charge >= 0.3 is 0 Å². The van der Waals surface area contributed by atoms with E-state index in [2.05, 4.69) is 14.9 Å². The van der Waals surface area contributed by atoms with Crippen molar-refractivity contribution < 1.29 is 13.2 Å². The van der Waals surface area contributed by atoms with E-state index >= 15 is 0 Å². The number of piperidine rings is 1. The van der Waals surface area contributed by atoms with Crippen molar-refractivity contribution in [3.05, 3.63) is 35.4 Å². The van der Waals surface area contributed by atoms with Gasteiger partial charge in [0.1, 0.15) is 10.8 Å². The van der Waals surface area contributed by atoms with E-state index in [9.17, 15) is 8.42 Å². The predicted octanol–water partition coefficient (Wildman–Crippen LogP) is 1.83. The molecule has 2 aliphatic rings. The molecule has 0 unspecified atom stereocenters. The second-order valence-electron chi connectivity index (χ2n) is 8.85. The van der Waals surface area contributed by atoms with Crippen molar-refractivity contribution in [1.29, 1.82) is 0 Å². The second-order valence-corrected chi connectivity index (χ2v) is 11.1. The monoisotopic (exact) mass is 491 g/mol. The molecule has 2 aliphatic heterocycles. The van der Waals surface area contributed by atoms with Crippen molar-refractivity contribution >= 4 is 38.7 Å². The fourth-order valence-electron chi connectivity index (χ4n) is 4.99. The van der Waals surface area contributed by atoms with E-state index in [4.69, 9.17) is 32.8 Å². The number of fused-ring (bicyclic) bond motifs is 1. The van der Waals surface area contributed by atoms with Crippen LogP contribution in [0.3, 0.4) is 0 Å². The summed E-state index contributed by atoms with van der Waals surface area (Å²) in [6.07, 6.45) is 6.30. The van der Waals surface area contributed by atoms with Gasteiger partial charge in [-0.2, -0.15) is 0 Å². The van der Waals surface area contributed by atoms with Crippen LogP contribution in [0.1, 0.15) is 25.5 Å². The third kappa shape index (κ3) is 3.37. The molecule has 12 heteroatoms. The second kappa shape index (κ2) is 7.79. The summed E-state index contributed by atoms with van der Waals surface area (Å²) in [5, 5.41) is -0.111. The minimum absolute atomic E-state index is 0.000213. The summed E-state index contributed by atoms with van der Waals surface area (Å²) < 4.78 is 34.5. The maximum atomic E-state index is 13.6. The number of rotatable bonds is 3. The summed E-state index contributed by atoms with van der Waals surface area (Å²) >= 11 is 6.20. The molecule has 4 N–H and O–H groups in total. The molecule has 33 heavy (non-hydrogen) atoms.